The first-order chi connectivity index (χ1) is 13.7. The molecule has 0 unspecified atom stereocenters. The second-order valence-electron chi connectivity index (χ2n) is 7.41. The van der Waals surface area contributed by atoms with E-state index in [0.717, 1.165) is 66.5 Å². The van der Waals surface area contributed by atoms with Gasteiger partial charge in [-0.05, 0) is 47.3 Å². The molecular formula is C21H24Cl2N4O2S. The zero-order chi connectivity index (χ0) is 19.1. The standard InChI is InChI=1S/C21H21ClN4OS.ClH.H2O/c22-17-13-19-15(12-20(27)23-19)11-14(17)5-6-25-7-9-26(10-8-25)21-16-3-1-2-4-18(16)24-28-21;;/h1-4,11,13H,5-10,12H2,(H,23,27);1H;1H2. The van der Waals surface area contributed by atoms with Gasteiger partial charge in [-0.2, -0.15) is 4.37 Å². The van der Waals surface area contributed by atoms with Crippen LogP contribution < -0.4 is 10.2 Å². The number of halogens is 2. The topological polar surface area (TPSA) is 80.0 Å². The van der Waals surface area contributed by atoms with E-state index in [4.69, 9.17) is 11.6 Å². The van der Waals surface area contributed by atoms with Crippen molar-refractivity contribution in [2.75, 3.05) is 42.9 Å². The summed E-state index contributed by atoms with van der Waals surface area (Å²) in [5.41, 5.74) is 4.15. The minimum absolute atomic E-state index is 0. The minimum Gasteiger partial charge on any atom is -0.412 e. The van der Waals surface area contributed by atoms with Crippen molar-refractivity contribution in [1.29, 1.82) is 0 Å². The van der Waals surface area contributed by atoms with Gasteiger partial charge in [-0.3, -0.25) is 9.69 Å². The van der Waals surface area contributed by atoms with Crippen LogP contribution in [0, 0.1) is 0 Å². The normalized spacial score (nSPS) is 16.0. The number of carbonyl (C=O) groups excluding carboxylic acids is 1. The maximum absolute atomic E-state index is 11.6. The predicted molar refractivity (Wildman–Crippen MR) is 127 cm³/mol. The van der Waals surface area contributed by atoms with Crippen LogP contribution in [-0.4, -0.2) is 53.4 Å². The molecule has 1 saturated heterocycles. The van der Waals surface area contributed by atoms with Gasteiger partial charge in [0.2, 0.25) is 5.91 Å². The van der Waals surface area contributed by atoms with Gasteiger partial charge < -0.3 is 15.7 Å². The summed E-state index contributed by atoms with van der Waals surface area (Å²) in [7, 11) is 0. The average molecular weight is 467 g/mol. The third-order valence-electron chi connectivity index (χ3n) is 5.62. The number of benzene rings is 2. The van der Waals surface area contributed by atoms with Gasteiger partial charge in [0.05, 0.1) is 11.9 Å². The van der Waals surface area contributed by atoms with Gasteiger partial charge >= 0.3 is 0 Å². The van der Waals surface area contributed by atoms with E-state index in [1.807, 2.05) is 12.1 Å². The highest BCUT2D eigenvalue weighted by Crippen LogP contribution is 2.32. The van der Waals surface area contributed by atoms with Crippen LogP contribution >= 0.6 is 35.5 Å². The number of nitrogens with zero attached hydrogens (tertiary/aromatic N) is 3. The molecule has 0 aliphatic carbocycles. The predicted octanol–water partition coefficient (Wildman–Crippen LogP) is 3.41. The van der Waals surface area contributed by atoms with Crippen molar-refractivity contribution >= 4 is 63.0 Å². The SMILES string of the molecule is Cl.O.O=C1Cc2cc(CCN3CCN(c4snc5ccccc45)CC3)c(Cl)cc2N1. The number of amides is 1. The Balaban J connectivity index is 0.00000128. The summed E-state index contributed by atoms with van der Waals surface area (Å²) >= 11 is 8.04. The van der Waals surface area contributed by atoms with Crippen LogP contribution in [0.3, 0.4) is 0 Å². The van der Waals surface area contributed by atoms with Crippen molar-refractivity contribution in [3.63, 3.8) is 0 Å². The molecule has 1 aromatic heterocycles. The van der Waals surface area contributed by atoms with E-state index in [0.29, 0.717) is 6.42 Å². The number of piperazine rings is 1. The summed E-state index contributed by atoms with van der Waals surface area (Å²) < 4.78 is 4.58. The van der Waals surface area contributed by atoms with Crippen LogP contribution in [0.4, 0.5) is 10.7 Å². The van der Waals surface area contributed by atoms with Gasteiger partial charge in [-0.1, -0.05) is 29.8 Å². The lowest BCUT2D eigenvalue weighted by Gasteiger charge is -2.35. The van der Waals surface area contributed by atoms with Crippen molar-refractivity contribution in [2.45, 2.75) is 12.8 Å². The van der Waals surface area contributed by atoms with Crippen molar-refractivity contribution in [3.8, 4) is 0 Å². The molecule has 1 amide bonds. The number of nitrogens with one attached hydrogen (secondary N) is 1. The number of rotatable bonds is 4. The molecule has 160 valence electrons. The molecule has 0 bridgehead atoms. The van der Waals surface area contributed by atoms with Crippen LogP contribution in [0.25, 0.3) is 10.9 Å². The third-order valence-corrected chi connectivity index (χ3v) is 6.91. The fourth-order valence-electron chi connectivity index (χ4n) is 4.05. The zero-order valence-electron chi connectivity index (χ0n) is 16.4. The van der Waals surface area contributed by atoms with E-state index < -0.39 is 0 Å². The Labute approximate surface area is 190 Å². The molecule has 3 N–H and O–H groups in total. The van der Waals surface area contributed by atoms with Crippen molar-refractivity contribution in [3.05, 3.63) is 52.5 Å². The lowest BCUT2D eigenvalue weighted by atomic mass is 10.1. The Hall–Kier alpha value is -1.90. The highest BCUT2D eigenvalue weighted by atomic mass is 35.5. The van der Waals surface area contributed by atoms with Crippen molar-refractivity contribution in [1.82, 2.24) is 9.27 Å². The molecule has 0 radical (unpaired) electrons. The number of hydrogen-bond acceptors (Lipinski definition) is 5. The summed E-state index contributed by atoms with van der Waals surface area (Å²) in [6.45, 7) is 5.09. The Morgan fingerprint density at radius 3 is 2.70 bits per heavy atom. The lowest BCUT2D eigenvalue weighted by molar-refractivity contribution is -0.115. The highest BCUT2D eigenvalue weighted by molar-refractivity contribution is 7.11. The summed E-state index contributed by atoms with van der Waals surface area (Å²) in [6, 6.07) is 12.4. The Kier molecular flexibility index (Phi) is 7.21. The second-order valence-corrected chi connectivity index (χ2v) is 8.57. The Morgan fingerprint density at radius 2 is 1.90 bits per heavy atom. The van der Waals surface area contributed by atoms with Gasteiger partial charge in [-0.15, -0.1) is 12.4 Å². The van der Waals surface area contributed by atoms with E-state index in [9.17, 15) is 4.79 Å². The molecule has 2 aromatic carbocycles. The van der Waals surface area contributed by atoms with E-state index in [-0.39, 0.29) is 23.8 Å². The lowest BCUT2D eigenvalue weighted by Crippen LogP contribution is -2.46. The molecule has 3 heterocycles. The summed E-state index contributed by atoms with van der Waals surface area (Å²) in [4.78, 5) is 16.5. The Morgan fingerprint density at radius 1 is 1.13 bits per heavy atom. The molecule has 3 aromatic rings. The van der Waals surface area contributed by atoms with Gasteiger partial charge in [-0.25, -0.2) is 0 Å². The summed E-state index contributed by atoms with van der Waals surface area (Å²) in [5.74, 6) is 0.0509. The fourth-order valence-corrected chi connectivity index (χ4v) is 5.22. The molecule has 2 aliphatic heterocycles. The number of aromatic nitrogens is 1. The third kappa shape index (κ3) is 4.40. The molecule has 1 fully saturated rings. The first-order valence-corrected chi connectivity index (χ1v) is 10.8. The van der Waals surface area contributed by atoms with E-state index >= 15 is 0 Å². The Bertz CT molecular complexity index is 1050. The highest BCUT2D eigenvalue weighted by Gasteiger charge is 2.22. The quantitative estimate of drug-likeness (QED) is 0.638. The van der Waals surface area contributed by atoms with Crippen LogP contribution in [0.5, 0.6) is 0 Å². The maximum atomic E-state index is 11.6. The van der Waals surface area contributed by atoms with Gasteiger partial charge in [0.1, 0.15) is 5.00 Å². The van der Waals surface area contributed by atoms with Gasteiger partial charge in [0.15, 0.2) is 0 Å². The summed E-state index contributed by atoms with van der Waals surface area (Å²) in [6.07, 6.45) is 1.37. The van der Waals surface area contributed by atoms with E-state index in [1.54, 1.807) is 11.5 Å². The first-order valence-electron chi connectivity index (χ1n) is 9.60. The van der Waals surface area contributed by atoms with Crippen LogP contribution in [0.1, 0.15) is 11.1 Å². The average Bonchev–Trinajstić information content (AvgIpc) is 3.29. The number of hydrogen-bond donors (Lipinski definition) is 1. The fraction of sp³-hybridized carbons (Fsp3) is 0.333. The second kappa shape index (κ2) is 9.49. The minimum atomic E-state index is 0. The number of anilines is 2. The van der Waals surface area contributed by atoms with Crippen LogP contribution in [0.15, 0.2) is 36.4 Å². The monoisotopic (exact) mass is 466 g/mol. The smallest absolute Gasteiger partial charge is 0.228 e. The zero-order valence-corrected chi connectivity index (χ0v) is 18.7. The van der Waals surface area contributed by atoms with Crippen LogP contribution in [0.2, 0.25) is 5.02 Å². The number of carbonyl (C=O) groups is 1. The van der Waals surface area contributed by atoms with Crippen molar-refractivity contribution < 1.29 is 10.3 Å². The first kappa shape index (κ1) is 22.8. The molecule has 0 atom stereocenters. The molecule has 0 spiro atoms. The van der Waals surface area contributed by atoms with E-state index in [1.165, 1.54) is 10.4 Å². The molecule has 0 saturated carbocycles. The molecule has 30 heavy (non-hydrogen) atoms. The molecule has 9 heteroatoms. The van der Waals surface area contributed by atoms with E-state index in [2.05, 4.69) is 43.8 Å². The molecule has 6 nitrogen and oxygen atoms in total. The van der Waals surface area contributed by atoms with Gasteiger partial charge in [0.25, 0.3) is 0 Å². The largest absolute Gasteiger partial charge is 0.412 e. The van der Waals surface area contributed by atoms with Gasteiger partial charge in [0, 0.05) is 48.8 Å². The number of fused-ring (bicyclic) bond motifs is 2. The maximum Gasteiger partial charge on any atom is 0.228 e. The molecular weight excluding hydrogens is 443 g/mol. The van der Waals surface area contributed by atoms with Crippen molar-refractivity contribution in [2.24, 2.45) is 0 Å². The summed E-state index contributed by atoms with van der Waals surface area (Å²) in [5, 5.41) is 6.15. The molecule has 2 aliphatic rings. The van der Waals surface area contributed by atoms with Crippen LogP contribution in [-0.2, 0) is 17.6 Å². The molecule has 5 rings (SSSR count).